The molecule has 0 aliphatic heterocycles. The van der Waals surface area contributed by atoms with Gasteiger partial charge in [0.2, 0.25) is 11.8 Å². The van der Waals surface area contributed by atoms with E-state index in [1.54, 1.807) is 35.7 Å². The van der Waals surface area contributed by atoms with Crippen molar-refractivity contribution in [1.82, 2.24) is 10.6 Å². The second-order valence-electron chi connectivity index (χ2n) is 9.69. The van der Waals surface area contributed by atoms with Crippen molar-refractivity contribution >= 4 is 70.2 Å². The topological polar surface area (TPSA) is 169 Å². The van der Waals surface area contributed by atoms with E-state index in [0.29, 0.717) is 24.3 Å². The van der Waals surface area contributed by atoms with Crippen LogP contribution in [0.25, 0.3) is 0 Å². The highest BCUT2D eigenvalue weighted by atomic mass is 32.2. The van der Waals surface area contributed by atoms with Crippen LogP contribution in [0.1, 0.15) is 44.7 Å². The first-order chi connectivity index (χ1) is 21.2. The second kappa shape index (κ2) is 16.9. The summed E-state index contributed by atoms with van der Waals surface area (Å²) in [7, 11) is 2.54. The van der Waals surface area contributed by atoms with Crippen LogP contribution in [0.3, 0.4) is 0 Å². The minimum atomic E-state index is -0.688. The zero-order chi connectivity index (χ0) is 32.2. The van der Waals surface area contributed by atoms with Crippen LogP contribution in [0.2, 0.25) is 0 Å². The van der Waals surface area contributed by atoms with Crippen molar-refractivity contribution in [2.24, 2.45) is 0 Å². The highest BCUT2D eigenvalue weighted by molar-refractivity contribution is 7.98. The lowest BCUT2D eigenvalue weighted by atomic mass is 9.82. The smallest absolute Gasteiger partial charge is 0.322 e. The first-order valence-corrected chi connectivity index (χ1v) is 16.5. The Morgan fingerprint density at radius 2 is 1.09 bits per heavy atom. The quantitative estimate of drug-likeness (QED) is 0.168. The van der Waals surface area contributed by atoms with Crippen LogP contribution in [0.4, 0.5) is 11.4 Å². The van der Waals surface area contributed by atoms with Gasteiger partial charge in [0.05, 0.1) is 49.8 Å². The number of fused-ring (bicyclic) bond motifs is 2. The van der Waals surface area contributed by atoms with E-state index in [1.807, 2.05) is 12.5 Å². The van der Waals surface area contributed by atoms with Gasteiger partial charge in [0.15, 0.2) is 11.6 Å². The van der Waals surface area contributed by atoms with Gasteiger partial charge in [-0.15, -0.1) is 0 Å². The molecule has 2 aromatic carbocycles. The molecule has 0 saturated heterocycles. The monoisotopic (exact) mass is 644 g/mol. The Bertz CT molecular complexity index is 1320. The predicted molar refractivity (Wildman–Crippen MR) is 171 cm³/mol. The summed E-state index contributed by atoms with van der Waals surface area (Å²) in [6.07, 6.45) is 4.71. The maximum atomic E-state index is 13.9. The molecule has 2 amide bonds. The van der Waals surface area contributed by atoms with Crippen molar-refractivity contribution in [1.29, 1.82) is 0 Å². The number of ether oxygens (including phenoxy) is 2. The summed E-state index contributed by atoms with van der Waals surface area (Å²) in [6.45, 7) is -0.483. The molecule has 1 aliphatic rings. The van der Waals surface area contributed by atoms with Gasteiger partial charge in [-0.05, 0) is 49.0 Å². The maximum Gasteiger partial charge on any atom is 0.322 e. The number of methoxy groups -OCH3 is 2. The van der Waals surface area contributed by atoms with Gasteiger partial charge in [0, 0.05) is 11.1 Å². The highest BCUT2D eigenvalue weighted by Gasteiger charge is 2.34. The van der Waals surface area contributed by atoms with E-state index >= 15 is 0 Å². The number of nitrogens with one attached hydrogen (secondary N) is 4. The number of benzene rings is 2. The van der Waals surface area contributed by atoms with Gasteiger partial charge in [-0.2, -0.15) is 23.5 Å². The Labute approximate surface area is 264 Å². The normalized spacial score (nSPS) is 13.3. The second-order valence-corrected chi connectivity index (χ2v) is 11.7. The first-order valence-electron chi connectivity index (χ1n) is 13.7. The van der Waals surface area contributed by atoms with Gasteiger partial charge in [0.1, 0.15) is 12.1 Å². The first kappa shape index (κ1) is 34.8. The SMILES string of the molecule is COC(=O)[C@H](CCSC)NCC(=O)Nc1cccc2c1C(=O)c1c(NC(=O)CN[C@H](CCSC)C(=O)OC)cccc1C2=O. The largest absolute Gasteiger partial charge is 0.468 e. The number of carbonyl (C=O) groups is 6. The molecule has 44 heavy (non-hydrogen) atoms. The van der Waals surface area contributed by atoms with Crippen LogP contribution in [-0.2, 0) is 28.7 Å². The van der Waals surface area contributed by atoms with Crippen molar-refractivity contribution < 1.29 is 38.2 Å². The molecule has 236 valence electrons. The molecule has 12 nitrogen and oxygen atoms in total. The minimum Gasteiger partial charge on any atom is -0.468 e. The Morgan fingerprint density at radius 3 is 1.45 bits per heavy atom. The van der Waals surface area contributed by atoms with Crippen molar-refractivity contribution in [2.45, 2.75) is 24.9 Å². The van der Waals surface area contributed by atoms with Crippen LogP contribution >= 0.6 is 23.5 Å². The van der Waals surface area contributed by atoms with E-state index in [2.05, 4.69) is 21.3 Å². The highest BCUT2D eigenvalue weighted by Crippen LogP contribution is 2.35. The number of amides is 2. The lowest BCUT2D eigenvalue weighted by molar-refractivity contribution is -0.144. The molecule has 0 aromatic heterocycles. The molecule has 1 aliphatic carbocycles. The van der Waals surface area contributed by atoms with Crippen LogP contribution in [0.5, 0.6) is 0 Å². The molecule has 0 unspecified atom stereocenters. The van der Waals surface area contributed by atoms with Crippen LogP contribution in [0.15, 0.2) is 36.4 Å². The predicted octanol–water partition coefficient (Wildman–Crippen LogP) is 2.11. The zero-order valence-electron chi connectivity index (χ0n) is 24.9. The van der Waals surface area contributed by atoms with E-state index in [4.69, 9.17) is 9.47 Å². The third-order valence-electron chi connectivity index (χ3n) is 6.83. The molecule has 0 spiro atoms. The third kappa shape index (κ3) is 8.68. The van der Waals surface area contributed by atoms with Gasteiger partial charge in [-0.25, -0.2) is 0 Å². The third-order valence-corrected chi connectivity index (χ3v) is 8.12. The van der Waals surface area contributed by atoms with Gasteiger partial charge in [0.25, 0.3) is 0 Å². The number of carbonyl (C=O) groups excluding carboxylic acids is 6. The summed E-state index contributed by atoms with van der Waals surface area (Å²) in [5, 5.41) is 11.1. The zero-order valence-corrected chi connectivity index (χ0v) is 26.6. The standard InChI is InChI=1S/C30H36N4O8S2/c1-41-29(39)21(11-13-43-3)31-15-23(35)33-19-9-5-7-17-25(19)28(38)26-18(27(17)37)8-6-10-20(26)34-24(36)16-32-22(12-14-44-4)30(40)42-2/h5-10,21-22,31-32H,11-16H2,1-4H3,(H,33,35)(H,34,36)/t21-,22+. The molecule has 0 radical (unpaired) electrons. The molecular formula is C30H36N4O8S2. The summed E-state index contributed by atoms with van der Waals surface area (Å²) in [6, 6.07) is 7.74. The van der Waals surface area contributed by atoms with Crippen LogP contribution in [0, 0.1) is 0 Å². The molecule has 4 N–H and O–H groups in total. The molecule has 0 bridgehead atoms. The average molecular weight is 645 g/mol. The fourth-order valence-electron chi connectivity index (χ4n) is 4.63. The number of thioether (sulfide) groups is 2. The van der Waals surface area contributed by atoms with Crippen molar-refractivity contribution in [3.05, 3.63) is 58.7 Å². The van der Waals surface area contributed by atoms with Gasteiger partial charge in [-0.3, -0.25) is 39.4 Å². The van der Waals surface area contributed by atoms with E-state index < -0.39 is 47.4 Å². The lowest BCUT2D eigenvalue weighted by Crippen LogP contribution is -2.42. The summed E-state index contributed by atoms with van der Waals surface area (Å²) >= 11 is 3.10. The van der Waals surface area contributed by atoms with Crippen molar-refractivity contribution in [2.75, 3.05) is 62.0 Å². The maximum absolute atomic E-state index is 13.9. The number of hydrogen-bond acceptors (Lipinski definition) is 12. The number of anilines is 2. The summed E-state index contributed by atoms with van der Waals surface area (Å²) in [5.41, 5.74) is 0.450. The molecule has 0 heterocycles. The van der Waals surface area contributed by atoms with E-state index in [0.717, 1.165) is 0 Å². The Kier molecular flexibility index (Phi) is 13.4. The number of ketones is 2. The van der Waals surface area contributed by atoms with Crippen LogP contribution < -0.4 is 21.3 Å². The average Bonchev–Trinajstić information content (AvgIpc) is 3.02. The lowest BCUT2D eigenvalue weighted by Gasteiger charge is -2.23. The minimum absolute atomic E-state index is 0.00658. The Morgan fingerprint density at radius 1 is 0.682 bits per heavy atom. The summed E-state index contributed by atoms with van der Waals surface area (Å²) in [4.78, 5) is 77.2. The van der Waals surface area contributed by atoms with E-state index in [9.17, 15) is 28.8 Å². The number of esters is 2. The van der Waals surface area contributed by atoms with Gasteiger partial charge >= 0.3 is 11.9 Å². The molecule has 14 heteroatoms. The summed E-state index contributed by atoms with van der Waals surface area (Å²) in [5.74, 6) is -1.69. The van der Waals surface area contributed by atoms with E-state index in [1.165, 1.54) is 38.5 Å². The summed E-state index contributed by atoms with van der Waals surface area (Å²) < 4.78 is 9.62. The van der Waals surface area contributed by atoms with Crippen molar-refractivity contribution in [3.63, 3.8) is 0 Å². The molecule has 2 aromatic rings. The Hall–Kier alpha value is -3.72. The van der Waals surface area contributed by atoms with Crippen LogP contribution in [-0.4, -0.2) is 98.7 Å². The molecule has 3 rings (SSSR count). The molecule has 0 fully saturated rings. The van der Waals surface area contributed by atoms with Crippen molar-refractivity contribution in [3.8, 4) is 0 Å². The number of hydrogen-bond donors (Lipinski definition) is 4. The molecule has 2 atom stereocenters. The Balaban J connectivity index is 1.79. The fourth-order valence-corrected chi connectivity index (χ4v) is 5.58. The number of rotatable bonds is 16. The fraction of sp³-hybridized carbons (Fsp3) is 0.400. The van der Waals surface area contributed by atoms with Gasteiger partial charge < -0.3 is 20.1 Å². The molecular weight excluding hydrogens is 608 g/mol. The van der Waals surface area contributed by atoms with E-state index in [-0.39, 0.29) is 46.7 Å². The molecule has 0 saturated carbocycles. The van der Waals surface area contributed by atoms with Gasteiger partial charge in [-0.1, -0.05) is 24.3 Å².